The molecule has 0 aliphatic carbocycles. The summed E-state index contributed by atoms with van der Waals surface area (Å²) >= 11 is 0. The molecule has 6 rings (SSSR count). The smallest absolute Gasteiger partial charge is 0.261 e. The van der Waals surface area contributed by atoms with Gasteiger partial charge in [-0.2, -0.15) is 5.10 Å². The number of pyridine rings is 2. The van der Waals surface area contributed by atoms with Gasteiger partial charge in [0.1, 0.15) is 34.1 Å². The average Bonchev–Trinajstić information content (AvgIpc) is 3.53. The number of aromatic amines is 2. The predicted molar refractivity (Wildman–Crippen MR) is 136 cm³/mol. The quantitative estimate of drug-likeness (QED) is 0.330. The number of nitrogens with zero attached hydrogens (tertiary/aromatic N) is 7. The summed E-state index contributed by atoms with van der Waals surface area (Å²) in [6.07, 6.45) is 6.94. The summed E-state index contributed by atoms with van der Waals surface area (Å²) < 4.78 is 7.24. The second kappa shape index (κ2) is 9.04. The Labute approximate surface area is 205 Å². The SMILES string of the molecule is CCn1cc2[nH]c(=O)c(-c3nc4cnc(N5CCOCC5)cc4[nH]3)c(NC(C)c3ncccn3)c2n1. The molecule has 12 nitrogen and oxygen atoms in total. The molecule has 0 amide bonds. The number of rotatable bonds is 6. The summed E-state index contributed by atoms with van der Waals surface area (Å²) in [5.41, 5.74) is 3.42. The van der Waals surface area contributed by atoms with E-state index in [2.05, 4.69) is 35.1 Å². The third-order valence-corrected chi connectivity index (χ3v) is 6.31. The Balaban J connectivity index is 1.48. The summed E-state index contributed by atoms with van der Waals surface area (Å²) in [6.45, 7) is 7.52. The van der Waals surface area contributed by atoms with E-state index in [9.17, 15) is 4.79 Å². The molecule has 0 aromatic carbocycles. The van der Waals surface area contributed by atoms with E-state index in [1.165, 1.54) is 0 Å². The lowest BCUT2D eigenvalue weighted by atomic mass is 10.1. The van der Waals surface area contributed by atoms with E-state index in [4.69, 9.17) is 14.8 Å². The second-order valence-corrected chi connectivity index (χ2v) is 8.67. The van der Waals surface area contributed by atoms with Crippen LogP contribution in [0.3, 0.4) is 0 Å². The molecule has 6 heterocycles. The molecule has 0 spiro atoms. The van der Waals surface area contributed by atoms with Crippen LogP contribution in [0, 0.1) is 0 Å². The summed E-state index contributed by atoms with van der Waals surface area (Å²) in [5.74, 6) is 1.89. The van der Waals surface area contributed by atoms with Crippen molar-refractivity contribution in [1.82, 2.24) is 39.7 Å². The molecule has 1 atom stereocenters. The van der Waals surface area contributed by atoms with Crippen molar-refractivity contribution in [3.63, 3.8) is 0 Å². The van der Waals surface area contributed by atoms with Crippen LogP contribution >= 0.6 is 0 Å². The van der Waals surface area contributed by atoms with Crippen molar-refractivity contribution in [2.75, 3.05) is 36.5 Å². The number of aryl methyl sites for hydroxylation is 1. The van der Waals surface area contributed by atoms with E-state index in [1.54, 1.807) is 29.3 Å². The molecule has 0 radical (unpaired) electrons. The maximum absolute atomic E-state index is 13.4. The van der Waals surface area contributed by atoms with Crippen LogP contribution in [0.1, 0.15) is 25.7 Å². The van der Waals surface area contributed by atoms with Crippen molar-refractivity contribution >= 4 is 33.6 Å². The first kappa shape index (κ1) is 22.2. The Morgan fingerprint density at radius 2 is 1.94 bits per heavy atom. The van der Waals surface area contributed by atoms with Crippen LogP contribution in [0.4, 0.5) is 11.5 Å². The number of anilines is 2. The average molecular weight is 487 g/mol. The maximum atomic E-state index is 13.4. The van der Waals surface area contributed by atoms with Gasteiger partial charge in [-0.25, -0.2) is 19.9 Å². The van der Waals surface area contributed by atoms with Gasteiger partial charge in [0, 0.05) is 44.3 Å². The molecule has 5 aromatic rings. The zero-order valence-corrected chi connectivity index (χ0v) is 20.0. The molecule has 184 valence electrons. The van der Waals surface area contributed by atoms with Crippen LogP contribution in [0.5, 0.6) is 0 Å². The van der Waals surface area contributed by atoms with Crippen LogP contribution in [0.25, 0.3) is 33.5 Å². The molecule has 36 heavy (non-hydrogen) atoms. The fraction of sp³-hybridized carbons (Fsp3) is 0.333. The van der Waals surface area contributed by atoms with Crippen molar-refractivity contribution in [1.29, 1.82) is 0 Å². The molecule has 1 aliphatic heterocycles. The maximum Gasteiger partial charge on any atom is 0.261 e. The lowest BCUT2D eigenvalue weighted by Gasteiger charge is -2.27. The fourth-order valence-electron chi connectivity index (χ4n) is 4.44. The van der Waals surface area contributed by atoms with E-state index in [0.717, 1.165) is 24.4 Å². The Bertz CT molecular complexity index is 1580. The zero-order chi connectivity index (χ0) is 24.6. The third-order valence-electron chi connectivity index (χ3n) is 6.31. The van der Waals surface area contributed by atoms with Crippen molar-refractivity contribution in [2.45, 2.75) is 26.4 Å². The van der Waals surface area contributed by atoms with Gasteiger partial charge >= 0.3 is 0 Å². The van der Waals surface area contributed by atoms with Crippen molar-refractivity contribution in [3.05, 3.63) is 53.1 Å². The predicted octanol–water partition coefficient (Wildman–Crippen LogP) is 2.48. The Morgan fingerprint density at radius 1 is 1.14 bits per heavy atom. The van der Waals surface area contributed by atoms with Crippen LogP contribution in [0.2, 0.25) is 0 Å². The van der Waals surface area contributed by atoms with Crippen LogP contribution in [-0.2, 0) is 11.3 Å². The molecular weight excluding hydrogens is 460 g/mol. The van der Waals surface area contributed by atoms with Gasteiger partial charge in [0.05, 0.1) is 42.2 Å². The lowest BCUT2D eigenvalue weighted by molar-refractivity contribution is 0.122. The van der Waals surface area contributed by atoms with Gasteiger partial charge in [-0.3, -0.25) is 9.48 Å². The number of fused-ring (bicyclic) bond motifs is 2. The molecule has 1 saturated heterocycles. The van der Waals surface area contributed by atoms with E-state index in [1.807, 2.05) is 26.1 Å². The number of aromatic nitrogens is 8. The van der Waals surface area contributed by atoms with Gasteiger partial charge in [0.15, 0.2) is 0 Å². The van der Waals surface area contributed by atoms with Crippen molar-refractivity contribution < 1.29 is 4.74 Å². The van der Waals surface area contributed by atoms with E-state index >= 15 is 0 Å². The van der Waals surface area contributed by atoms with Gasteiger partial charge in [0.25, 0.3) is 5.56 Å². The van der Waals surface area contributed by atoms with E-state index in [-0.39, 0.29) is 11.6 Å². The van der Waals surface area contributed by atoms with Crippen LogP contribution in [0.15, 0.2) is 41.7 Å². The van der Waals surface area contributed by atoms with Crippen molar-refractivity contribution in [3.8, 4) is 11.4 Å². The number of nitrogens with one attached hydrogen (secondary N) is 3. The molecule has 3 N–H and O–H groups in total. The normalized spacial score (nSPS) is 15.0. The van der Waals surface area contributed by atoms with Crippen LogP contribution < -0.4 is 15.8 Å². The number of hydrogen-bond acceptors (Lipinski definition) is 9. The Kier molecular flexibility index (Phi) is 5.56. The summed E-state index contributed by atoms with van der Waals surface area (Å²) in [5, 5.41) is 8.14. The first-order valence-electron chi connectivity index (χ1n) is 12.0. The van der Waals surface area contributed by atoms with Gasteiger partial charge in [0.2, 0.25) is 0 Å². The third kappa shape index (κ3) is 3.94. The second-order valence-electron chi connectivity index (χ2n) is 8.67. The highest BCUT2D eigenvalue weighted by Gasteiger charge is 2.23. The lowest BCUT2D eigenvalue weighted by Crippen LogP contribution is -2.36. The van der Waals surface area contributed by atoms with Crippen molar-refractivity contribution in [2.24, 2.45) is 0 Å². The van der Waals surface area contributed by atoms with Gasteiger partial charge in [-0.05, 0) is 19.9 Å². The standard InChI is InChI=1S/C24H26N10O2/c1-3-34-13-17-20(32-34)21(28-14(2)22-25-5-4-6-26-22)19(24(35)31-17)23-29-15-11-18(27-12-16(15)30-23)33-7-9-36-10-8-33/h4-6,11-14,28H,3,7-10H2,1-2H3,(H,29,30)(H,31,35). The molecule has 0 saturated carbocycles. The summed E-state index contributed by atoms with van der Waals surface area (Å²) in [4.78, 5) is 39.9. The monoisotopic (exact) mass is 486 g/mol. The molecule has 5 aromatic heterocycles. The number of ether oxygens (including phenoxy) is 1. The molecule has 0 bridgehead atoms. The highest BCUT2D eigenvalue weighted by Crippen LogP contribution is 2.32. The minimum atomic E-state index is -0.277. The fourth-order valence-corrected chi connectivity index (χ4v) is 4.44. The minimum absolute atomic E-state index is 0.276. The number of morpholine rings is 1. The first-order valence-corrected chi connectivity index (χ1v) is 12.0. The van der Waals surface area contributed by atoms with Gasteiger partial charge < -0.3 is 24.9 Å². The first-order chi connectivity index (χ1) is 17.6. The van der Waals surface area contributed by atoms with E-state index < -0.39 is 0 Å². The highest BCUT2D eigenvalue weighted by molar-refractivity contribution is 5.96. The number of H-pyrrole nitrogens is 2. The van der Waals surface area contributed by atoms with Gasteiger partial charge in [-0.1, -0.05) is 0 Å². The molecular formula is C24H26N10O2. The van der Waals surface area contributed by atoms with Gasteiger partial charge in [-0.15, -0.1) is 0 Å². The summed E-state index contributed by atoms with van der Waals surface area (Å²) in [6, 6.07) is 3.45. The van der Waals surface area contributed by atoms with Crippen LogP contribution in [-0.4, -0.2) is 66.0 Å². The minimum Gasteiger partial charge on any atom is -0.378 e. The Hall–Kier alpha value is -4.32. The Morgan fingerprint density at radius 3 is 2.72 bits per heavy atom. The number of hydrogen-bond donors (Lipinski definition) is 3. The number of imidazole rings is 1. The molecule has 1 unspecified atom stereocenters. The largest absolute Gasteiger partial charge is 0.378 e. The summed E-state index contributed by atoms with van der Waals surface area (Å²) in [7, 11) is 0. The zero-order valence-electron chi connectivity index (χ0n) is 20.0. The molecule has 1 aliphatic rings. The molecule has 1 fully saturated rings. The topological polar surface area (TPSA) is 143 Å². The molecule has 12 heteroatoms. The van der Waals surface area contributed by atoms with E-state index in [0.29, 0.717) is 59.2 Å². The highest BCUT2D eigenvalue weighted by atomic mass is 16.5.